The maximum absolute atomic E-state index is 12.4. The van der Waals surface area contributed by atoms with Gasteiger partial charge in [-0.2, -0.15) is 0 Å². The first-order chi connectivity index (χ1) is 11.6. The molecule has 0 aliphatic heterocycles. The summed E-state index contributed by atoms with van der Waals surface area (Å²) in [4.78, 5) is 24.7. The molecule has 0 atom stereocenters. The summed E-state index contributed by atoms with van der Waals surface area (Å²) < 4.78 is 0. The molecule has 0 spiro atoms. The molecular formula is C19H33N3O2. The zero-order valence-electron chi connectivity index (χ0n) is 15.6. The van der Waals surface area contributed by atoms with Gasteiger partial charge in [-0.25, -0.2) is 4.99 Å². The largest absolute Gasteiger partial charge is 0.324 e. The number of hydrogen-bond donors (Lipinski definition) is 0. The second kappa shape index (κ2) is 9.80. The molecule has 5 heteroatoms. The molecule has 0 bridgehead atoms. The monoisotopic (exact) mass is 335 g/mol. The number of rotatable bonds is 4. The Morgan fingerprint density at radius 1 is 1.00 bits per heavy atom. The third-order valence-corrected chi connectivity index (χ3v) is 5.15. The highest BCUT2D eigenvalue weighted by atomic mass is 16.6. The van der Waals surface area contributed by atoms with Crippen LogP contribution in [-0.4, -0.2) is 34.6 Å². The second-order valence-electron chi connectivity index (χ2n) is 7.16. The van der Waals surface area contributed by atoms with Crippen LogP contribution in [0.1, 0.15) is 91.4 Å². The SMILES string of the molecule is CCC(C)=NOC(=NC1CCCCC1)N(C(C)=O)C1CCCCC1. The third-order valence-electron chi connectivity index (χ3n) is 5.15. The normalized spacial score (nSPS) is 21.6. The molecule has 0 radical (unpaired) electrons. The molecule has 0 unspecified atom stereocenters. The van der Waals surface area contributed by atoms with E-state index >= 15 is 0 Å². The summed E-state index contributed by atoms with van der Waals surface area (Å²) in [5, 5.41) is 4.20. The highest BCUT2D eigenvalue weighted by Gasteiger charge is 2.30. The van der Waals surface area contributed by atoms with Crippen molar-refractivity contribution in [1.82, 2.24) is 4.90 Å². The summed E-state index contributed by atoms with van der Waals surface area (Å²) in [6, 6.07) is 0.890. The topological polar surface area (TPSA) is 54.3 Å². The zero-order chi connectivity index (χ0) is 17.4. The van der Waals surface area contributed by atoms with Crippen molar-refractivity contribution in [2.45, 2.75) is 103 Å². The Labute approximate surface area is 146 Å². The minimum absolute atomic E-state index is 0.0146. The van der Waals surface area contributed by atoms with E-state index in [-0.39, 0.29) is 18.0 Å². The lowest BCUT2D eigenvalue weighted by Crippen LogP contribution is -2.45. The van der Waals surface area contributed by atoms with Gasteiger partial charge in [-0.05, 0) is 39.0 Å². The average molecular weight is 335 g/mol. The van der Waals surface area contributed by atoms with Crippen molar-refractivity contribution in [1.29, 1.82) is 0 Å². The minimum Gasteiger partial charge on any atom is -0.317 e. The molecule has 0 N–H and O–H groups in total. The number of aliphatic imine (C=N–C) groups is 1. The van der Waals surface area contributed by atoms with E-state index in [1.165, 1.54) is 38.5 Å². The van der Waals surface area contributed by atoms with Gasteiger partial charge in [0.15, 0.2) is 0 Å². The van der Waals surface area contributed by atoms with Crippen LogP contribution in [0, 0.1) is 0 Å². The number of carbonyl (C=O) groups is 1. The van der Waals surface area contributed by atoms with Crippen LogP contribution < -0.4 is 0 Å². The Bertz CT molecular complexity index is 461. The van der Waals surface area contributed by atoms with Gasteiger partial charge in [-0.1, -0.05) is 50.6 Å². The number of amidine groups is 1. The van der Waals surface area contributed by atoms with Crippen molar-refractivity contribution >= 4 is 17.6 Å². The number of hydrogen-bond acceptors (Lipinski definition) is 4. The molecule has 2 saturated carbocycles. The van der Waals surface area contributed by atoms with E-state index in [1.807, 2.05) is 13.8 Å². The molecule has 0 aromatic rings. The van der Waals surface area contributed by atoms with Crippen molar-refractivity contribution in [2.75, 3.05) is 0 Å². The van der Waals surface area contributed by atoms with Crippen LogP contribution in [0.25, 0.3) is 0 Å². The van der Waals surface area contributed by atoms with Gasteiger partial charge in [0.2, 0.25) is 5.91 Å². The first-order valence-electron chi connectivity index (χ1n) is 9.70. The lowest BCUT2D eigenvalue weighted by atomic mass is 9.94. The Morgan fingerprint density at radius 2 is 1.58 bits per heavy atom. The Balaban J connectivity index is 2.22. The fourth-order valence-corrected chi connectivity index (χ4v) is 3.57. The standard InChI is InChI=1S/C19H33N3O2/c1-4-15(2)21-24-19(20-17-11-7-5-8-12-17)22(16(3)23)18-13-9-6-10-14-18/h17-18H,4-14H2,1-3H3. The minimum atomic E-state index is 0.0146. The van der Waals surface area contributed by atoms with E-state index < -0.39 is 0 Å². The maximum atomic E-state index is 12.4. The van der Waals surface area contributed by atoms with Gasteiger partial charge in [0.25, 0.3) is 0 Å². The molecule has 1 amide bonds. The lowest BCUT2D eigenvalue weighted by Gasteiger charge is -2.33. The van der Waals surface area contributed by atoms with Crippen LogP contribution in [0.2, 0.25) is 0 Å². The molecule has 2 rings (SSSR count). The van der Waals surface area contributed by atoms with Gasteiger partial charge in [-0.3, -0.25) is 9.69 Å². The van der Waals surface area contributed by atoms with Crippen LogP contribution in [0.5, 0.6) is 0 Å². The van der Waals surface area contributed by atoms with Gasteiger partial charge in [-0.15, -0.1) is 0 Å². The maximum Gasteiger partial charge on any atom is 0.324 e. The third kappa shape index (κ3) is 5.60. The average Bonchev–Trinajstić information content (AvgIpc) is 2.61. The number of oxime groups is 1. The van der Waals surface area contributed by atoms with Crippen LogP contribution >= 0.6 is 0 Å². The van der Waals surface area contributed by atoms with E-state index in [9.17, 15) is 4.79 Å². The van der Waals surface area contributed by atoms with Crippen LogP contribution in [0.4, 0.5) is 0 Å². The van der Waals surface area contributed by atoms with Crippen LogP contribution in [-0.2, 0) is 9.63 Å². The van der Waals surface area contributed by atoms with E-state index in [4.69, 9.17) is 9.83 Å². The van der Waals surface area contributed by atoms with Crippen molar-refractivity contribution in [2.24, 2.45) is 10.1 Å². The van der Waals surface area contributed by atoms with E-state index in [0.29, 0.717) is 6.02 Å². The summed E-state index contributed by atoms with van der Waals surface area (Å²) in [7, 11) is 0. The fraction of sp³-hybridized carbons (Fsp3) is 0.842. The molecule has 2 aliphatic rings. The van der Waals surface area contributed by atoms with Crippen molar-refractivity contribution in [3.63, 3.8) is 0 Å². The Morgan fingerprint density at radius 3 is 2.12 bits per heavy atom. The summed E-state index contributed by atoms with van der Waals surface area (Å²) in [5.41, 5.74) is 0.915. The molecule has 24 heavy (non-hydrogen) atoms. The van der Waals surface area contributed by atoms with Gasteiger partial charge < -0.3 is 4.84 Å². The quantitative estimate of drug-likeness (QED) is 0.426. The highest BCUT2D eigenvalue weighted by Crippen LogP contribution is 2.25. The molecule has 136 valence electrons. The predicted octanol–water partition coefficient (Wildman–Crippen LogP) is 4.66. The van der Waals surface area contributed by atoms with Crippen molar-refractivity contribution in [3.05, 3.63) is 0 Å². The van der Waals surface area contributed by atoms with Gasteiger partial charge in [0.05, 0.1) is 11.8 Å². The van der Waals surface area contributed by atoms with E-state index in [0.717, 1.165) is 37.8 Å². The van der Waals surface area contributed by atoms with E-state index in [2.05, 4.69) is 5.16 Å². The van der Waals surface area contributed by atoms with E-state index in [1.54, 1.807) is 11.8 Å². The number of amides is 1. The molecule has 5 nitrogen and oxygen atoms in total. The molecule has 2 aliphatic carbocycles. The Kier molecular flexibility index (Phi) is 7.73. The molecule has 0 heterocycles. The summed E-state index contributed by atoms with van der Waals surface area (Å²) in [5.74, 6) is 0.0146. The molecule has 0 aromatic carbocycles. The summed E-state index contributed by atoms with van der Waals surface area (Å²) >= 11 is 0. The summed E-state index contributed by atoms with van der Waals surface area (Å²) in [6.07, 6.45) is 12.4. The van der Waals surface area contributed by atoms with Crippen molar-refractivity contribution < 1.29 is 9.63 Å². The number of carbonyl (C=O) groups excluding carboxylic acids is 1. The second-order valence-corrected chi connectivity index (χ2v) is 7.16. The fourth-order valence-electron chi connectivity index (χ4n) is 3.57. The first kappa shape index (κ1) is 18.9. The summed E-state index contributed by atoms with van der Waals surface area (Å²) in [6.45, 7) is 5.60. The highest BCUT2D eigenvalue weighted by molar-refractivity contribution is 5.94. The van der Waals surface area contributed by atoms with Gasteiger partial charge in [0, 0.05) is 13.0 Å². The van der Waals surface area contributed by atoms with Crippen molar-refractivity contribution in [3.8, 4) is 0 Å². The van der Waals surface area contributed by atoms with Gasteiger partial charge in [0.1, 0.15) is 0 Å². The smallest absolute Gasteiger partial charge is 0.317 e. The molecular weight excluding hydrogens is 302 g/mol. The van der Waals surface area contributed by atoms with Gasteiger partial charge >= 0.3 is 6.02 Å². The lowest BCUT2D eigenvalue weighted by molar-refractivity contribution is -0.128. The predicted molar refractivity (Wildman–Crippen MR) is 98.2 cm³/mol. The first-order valence-corrected chi connectivity index (χ1v) is 9.70. The molecule has 2 fully saturated rings. The van der Waals surface area contributed by atoms with Crippen LogP contribution in [0.3, 0.4) is 0 Å². The Hall–Kier alpha value is -1.39. The molecule has 0 saturated heterocycles. The van der Waals surface area contributed by atoms with Crippen LogP contribution in [0.15, 0.2) is 10.1 Å². The number of nitrogens with zero attached hydrogens (tertiary/aromatic N) is 3. The molecule has 0 aromatic heterocycles. The zero-order valence-corrected chi connectivity index (χ0v) is 15.6.